The lowest BCUT2D eigenvalue weighted by Gasteiger charge is -2.10. The van der Waals surface area contributed by atoms with Crippen LogP contribution in [0.15, 0.2) is 42.5 Å². The van der Waals surface area contributed by atoms with Gasteiger partial charge >= 0.3 is 11.9 Å². The van der Waals surface area contributed by atoms with E-state index in [-0.39, 0.29) is 28.8 Å². The molecule has 0 bridgehead atoms. The van der Waals surface area contributed by atoms with Gasteiger partial charge in [0, 0.05) is 0 Å². The van der Waals surface area contributed by atoms with E-state index in [0.29, 0.717) is 5.56 Å². The van der Waals surface area contributed by atoms with Crippen molar-refractivity contribution in [2.24, 2.45) is 0 Å². The summed E-state index contributed by atoms with van der Waals surface area (Å²) in [6.45, 7) is 6.75. The van der Waals surface area contributed by atoms with E-state index in [1.807, 2.05) is 6.92 Å². The number of carbonyl (C=O) groups is 3. The molecule has 0 unspecified atom stereocenters. The standard InChI is InChI=1S/C20H20O5/c1-12(2)24-19(22)15-6-5-7-16(11-15)20(23)25-18-9-8-13(3)10-17(18)14(4)21/h5-12H,1-4H3. The third-order valence-electron chi connectivity index (χ3n) is 3.39. The van der Waals surface area contributed by atoms with Gasteiger partial charge in [0.1, 0.15) is 5.75 Å². The third-order valence-corrected chi connectivity index (χ3v) is 3.39. The van der Waals surface area contributed by atoms with Crippen LogP contribution in [0.2, 0.25) is 0 Å². The van der Waals surface area contributed by atoms with Gasteiger partial charge in [-0.1, -0.05) is 17.7 Å². The minimum absolute atomic E-state index is 0.193. The van der Waals surface area contributed by atoms with E-state index < -0.39 is 11.9 Å². The van der Waals surface area contributed by atoms with E-state index in [1.54, 1.807) is 44.2 Å². The third kappa shape index (κ3) is 4.76. The monoisotopic (exact) mass is 340 g/mol. The molecule has 0 spiro atoms. The summed E-state index contributed by atoms with van der Waals surface area (Å²) in [4.78, 5) is 36.1. The van der Waals surface area contributed by atoms with Gasteiger partial charge in [0.05, 0.1) is 22.8 Å². The van der Waals surface area contributed by atoms with Crippen molar-refractivity contribution in [2.45, 2.75) is 33.8 Å². The highest BCUT2D eigenvalue weighted by Crippen LogP contribution is 2.22. The molecule has 0 aliphatic heterocycles. The topological polar surface area (TPSA) is 69.7 Å². The van der Waals surface area contributed by atoms with E-state index >= 15 is 0 Å². The molecule has 0 saturated heterocycles. The van der Waals surface area contributed by atoms with Crippen LogP contribution in [-0.4, -0.2) is 23.8 Å². The van der Waals surface area contributed by atoms with Gasteiger partial charge in [-0.15, -0.1) is 0 Å². The van der Waals surface area contributed by atoms with E-state index in [1.165, 1.54) is 19.1 Å². The normalized spacial score (nSPS) is 10.4. The molecular formula is C20H20O5. The molecule has 2 rings (SSSR count). The SMILES string of the molecule is CC(=O)c1cc(C)ccc1OC(=O)c1cccc(C(=O)OC(C)C)c1. The van der Waals surface area contributed by atoms with Crippen molar-refractivity contribution in [1.82, 2.24) is 0 Å². The Balaban J connectivity index is 2.25. The van der Waals surface area contributed by atoms with Gasteiger partial charge in [-0.25, -0.2) is 9.59 Å². The van der Waals surface area contributed by atoms with Gasteiger partial charge in [0.2, 0.25) is 0 Å². The average molecular weight is 340 g/mol. The van der Waals surface area contributed by atoms with Crippen LogP contribution in [-0.2, 0) is 4.74 Å². The molecule has 0 amide bonds. The second-order valence-corrected chi connectivity index (χ2v) is 5.98. The van der Waals surface area contributed by atoms with Gasteiger partial charge < -0.3 is 9.47 Å². The number of benzene rings is 2. The molecular weight excluding hydrogens is 320 g/mol. The first-order chi connectivity index (χ1) is 11.8. The van der Waals surface area contributed by atoms with E-state index in [2.05, 4.69) is 0 Å². The Morgan fingerprint density at radius 2 is 1.56 bits per heavy atom. The first-order valence-electron chi connectivity index (χ1n) is 7.92. The maximum Gasteiger partial charge on any atom is 0.343 e. The molecule has 0 fully saturated rings. The van der Waals surface area contributed by atoms with Crippen LogP contribution in [0.1, 0.15) is 57.4 Å². The summed E-state index contributed by atoms with van der Waals surface area (Å²) in [5.74, 6) is -1.16. The van der Waals surface area contributed by atoms with Crippen LogP contribution in [0.25, 0.3) is 0 Å². The molecule has 0 aliphatic rings. The molecule has 2 aromatic rings. The quantitative estimate of drug-likeness (QED) is 0.468. The largest absolute Gasteiger partial charge is 0.459 e. The fourth-order valence-electron chi connectivity index (χ4n) is 2.22. The van der Waals surface area contributed by atoms with Crippen molar-refractivity contribution >= 4 is 17.7 Å². The molecule has 0 aromatic heterocycles. The highest BCUT2D eigenvalue weighted by Gasteiger charge is 2.17. The molecule has 5 heteroatoms. The molecule has 0 aliphatic carbocycles. The van der Waals surface area contributed by atoms with Crippen molar-refractivity contribution in [3.05, 3.63) is 64.7 Å². The molecule has 0 saturated carbocycles. The maximum absolute atomic E-state index is 12.4. The van der Waals surface area contributed by atoms with E-state index in [4.69, 9.17) is 9.47 Å². The van der Waals surface area contributed by atoms with E-state index in [0.717, 1.165) is 5.56 Å². The Bertz CT molecular complexity index is 821. The van der Waals surface area contributed by atoms with Crippen LogP contribution in [0.5, 0.6) is 5.75 Å². The number of aryl methyl sites for hydroxylation is 1. The molecule has 5 nitrogen and oxygen atoms in total. The van der Waals surface area contributed by atoms with Crippen LogP contribution in [0.4, 0.5) is 0 Å². The summed E-state index contributed by atoms with van der Waals surface area (Å²) in [6.07, 6.45) is -0.256. The Morgan fingerprint density at radius 3 is 2.16 bits per heavy atom. The summed E-state index contributed by atoms with van der Waals surface area (Å²) >= 11 is 0. The van der Waals surface area contributed by atoms with Crippen molar-refractivity contribution in [1.29, 1.82) is 0 Å². The highest BCUT2D eigenvalue weighted by molar-refractivity contribution is 6.00. The lowest BCUT2D eigenvalue weighted by atomic mass is 10.1. The fraction of sp³-hybridized carbons (Fsp3) is 0.250. The zero-order chi connectivity index (χ0) is 18.6. The zero-order valence-electron chi connectivity index (χ0n) is 14.7. The molecule has 25 heavy (non-hydrogen) atoms. The van der Waals surface area contributed by atoms with Crippen LogP contribution >= 0.6 is 0 Å². The number of hydrogen-bond donors (Lipinski definition) is 0. The lowest BCUT2D eigenvalue weighted by molar-refractivity contribution is 0.0377. The fourth-order valence-corrected chi connectivity index (χ4v) is 2.22. The van der Waals surface area contributed by atoms with Crippen molar-refractivity contribution < 1.29 is 23.9 Å². The predicted octanol–water partition coefficient (Wildman–Crippen LogP) is 3.98. The number of Topliss-reactive ketones (excluding diaryl/α,β-unsaturated/α-hetero) is 1. The Labute approximate surface area is 146 Å². The lowest BCUT2D eigenvalue weighted by Crippen LogP contribution is -2.14. The Hall–Kier alpha value is -2.95. The smallest absolute Gasteiger partial charge is 0.343 e. The average Bonchev–Trinajstić information content (AvgIpc) is 2.55. The predicted molar refractivity (Wildman–Crippen MR) is 93.1 cm³/mol. The van der Waals surface area contributed by atoms with Gasteiger partial charge in [0.15, 0.2) is 5.78 Å². The number of ether oxygens (including phenoxy) is 2. The molecule has 130 valence electrons. The number of esters is 2. The molecule has 0 radical (unpaired) electrons. The van der Waals surface area contributed by atoms with Gasteiger partial charge in [-0.3, -0.25) is 4.79 Å². The molecule has 0 N–H and O–H groups in total. The first-order valence-corrected chi connectivity index (χ1v) is 7.92. The van der Waals surface area contributed by atoms with Crippen LogP contribution < -0.4 is 4.74 Å². The van der Waals surface area contributed by atoms with Gasteiger partial charge in [-0.2, -0.15) is 0 Å². The van der Waals surface area contributed by atoms with Crippen LogP contribution in [0, 0.1) is 6.92 Å². The van der Waals surface area contributed by atoms with E-state index in [9.17, 15) is 14.4 Å². The minimum Gasteiger partial charge on any atom is -0.459 e. The highest BCUT2D eigenvalue weighted by atomic mass is 16.5. The number of ketones is 1. The second kappa shape index (κ2) is 7.75. The van der Waals surface area contributed by atoms with Gasteiger partial charge in [0.25, 0.3) is 0 Å². The molecule has 2 aromatic carbocycles. The summed E-state index contributed by atoms with van der Waals surface area (Å²) in [7, 11) is 0. The number of hydrogen-bond acceptors (Lipinski definition) is 5. The minimum atomic E-state index is -0.648. The number of carbonyl (C=O) groups excluding carboxylic acids is 3. The van der Waals surface area contributed by atoms with Gasteiger partial charge in [-0.05, 0) is 58.0 Å². The first kappa shape index (κ1) is 18.4. The molecule has 0 heterocycles. The van der Waals surface area contributed by atoms with Crippen molar-refractivity contribution in [3.63, 3.8) is 0 Å². The zero-order valence-corrected chi connectivity index (χ0v) is 14.7. The Kier molecular flexibility index (Phi) is 5.70. The van der Waals surface area contributed by atoms with Crippen molar-refractivity contribution in [2.75, 3.05) is 0 Å². The summed E-state index contributed by atoms with van der Waals surface area (Å²) in [5, 5.41) is 0. The second-order valence-electron chi connectivity index (χ2n) is 5.98. The summed E-state index contributed by atoms with van der Waals surface area (Å²) in [6, 6.07) is 11.1. The molecule has 0 atom stereocenters. The maximum atomic E-state index is 12.4. The number of rotatable bonds is 5. The Morgan fingerprint density at radius 1 is 0.920 bits per heavy atom. The van der Waals surface area contributed by atoms with Crippen molar-refractivity contribution in [3.8, 4) is 5.75 Å². The van der Waals surface area contributed by atoms with Crippen LogP contribution in [0.3, 0.4) is 0 Å². The summed E-state index contributed by atoms with van der Waals surface area (Å²) in [5.41, 5.74) is 1.69. The summed E-state index contributed by atoms with van der Waals surface area (Å²) < 4.78 is 10.5.